The highest BCUT2D eigenvalue weighted by Crippen LogP contribution is 2.31. The van der Waals surface area contributed by atoms with Gasteiger partial charge in [0.15, 0.2) is 0 Å². The lowest BCUT2D eigenvalue weighted by atomic mass is 9.76. The predicted molar refractivity (Wildman–Crippen MR) is 57.4 cm³/mol. The van der Waals surface area contributed by atoms with Crippen LogP contribution in [0.3, 0.4) is 0 Å². The van der Waals surface area contributed by atoms with Gasteiger partial charge in [-0.25, -0.2) is 0 Å². The number of rotatable bonds is 1. The molecular formula is C11H20N2O2. The van der Waals surface area contributed by atoms with Crippen LogP contribution in [-0.2, 0) is 4.79 Å². The van der Waals surface area contributed by atoms with E-state index in [4.69, 9.17) is 0 Å². The molecule has 0 aromatic heterocycles. The van der Waals surface area contributed by atoms with Gasteiger partial charge in [-0.1, -0.05) is 13.8 Å². The highest BCUT2D eigenvalue weighted by molar-refractivity contribution is 5.83. The summed E-state index contributed by atoms with van der Waals surface area (Å²) in [6.07, 6.45) is 1.92. The highest BCUT2D eigenvalue weighted by atomic mass is 16.3. The molecule has 0 aromatic rings. The summed E-state index contributed by atoms with van der Waals surface area (Å²) in [5.74, 6) is 0.157. The fourth-order valence-corrected chi connectivity index (χ4v) is 2.45. The SMILES string of the molecule is CC1(C)CCCNC1C(=O)N1CC(O)C1. The first kappa shape index (κ1) is 10.9. The molecule has 2 aliphatic rings. The quantitative estimate of drug-likeness (QED) is 0.641. The monoisotopic (exact) mass is 212 g/mol. The van der Waals surface area contributed by atoms with Crippen LogP contribution in [0.15, 0.2) is 0 Å². The van der Waals surface area contributed by atoms with Gasteiger partial charge >= 0.3 is 0 Å². The number of likely N-dealkylation sites (tertiary alicyclic amines) is 1. The Balaban J connectivity index is 1.99. The third-order valence-corrected chi connectivity index (χ3v) is 3.55. The molecule has 0 radical (unpaired) electrons. The van der Waals surface area contributed by atoms with E-state index in [2.05, 4.69) is 19.2 Å². The lowest BCUT2D eigenvalue weighted by Crippen LogP contribution is -2.63. The summed E-state index contributed by atoms with van der Waals surface area (Å²) in [6.45, 7) is 6.21. The Bertz CT molecular complexity index is 259. The molecule has 0 saturated carbocycles. The van der Waals surface area contributed by atoms with E-state index in [-0.39, 0.29) is 23.5 Å². The maximum Gasteiger partial charge on any atom is 0.240 e. The molecule has 2 saturated heterocycles. The summed E-state index contributed by atoms with van der Waals surface area (Å²) in [6, 6.07) is -0.0706. The summed E-state index contributed by atoms with van der Waals surface area (Å²) in [4.78, 5) is 13.8. The number of carbonyl (C=O) groups excluding carboxylic acids is 1. The van der Waals surface area contributed by atoms with Crippen LogP contribution in [0.2, 0.25) is 0 Å². The van der Waals surface area contributed by atoms with Gasteiger partial charge in [-0.05, 0) is 24.8 Å². The molecule has 1 unspecified atom stereocenters. The smallest absolute Gasteiger partial charge is 0.240 e. The third-order valence-electron chi connectivity index (χ3n) is 3.55. The highest BCUT2D eigenvalue weighted by Gasteiger charge is 2.42. The molecule has 0 spiro atoms. The van der Waals surface area contributed by atoms with E-state index in [1.54, 1.807) is 4.90 Å². The van der Waals surface area contributed by atoms with Crippen molar-refractivity contribution in [2.45, 2.75) is 38.8 Å². The van der Waals surface area contributed by atoms with Crippen LogP contribution in [0.25, 0.3) is 0 Å². The Morgan fingerprint density at radius 3 is 2.67 bits per heavy atom. The number of piperidine rings is 1. The van der Waals surface area contributed by atoms with Gasteiger partial charge in [-0.2, -0.15) is 0 Å². The summed E-state index contributed by atoms with van der Waals surface area (Å²) >= 11 is 0. The lowest BCUT2D eigenvalue weighted by molar-refractivity contribution is -0.147. The van der Waals surface area contributed by atoms with Crippen molar-refractivity contribution in [2.24, 2.45) is 5.41 Å². The molecule has 1 atom stereocenters. The maximum absolute atomic E-state index is 12.1. The second-order valence-corrected chi connectivity index (χ2v) is 5.38. The average molecular weight is 212 g/mol. The zero-order valence-corrected chi connectivity index (χ0v) is 9.49. The number of aliphatic hydroxyl groups excluding tert-OH is 1. The molecular weight excluding hydrogens is 192 g/mol. The Labute approximate surface area is 90.6 Å². The Morgan fingerprint density at radius 1 is 1.47 bits per heavy atom. The van der Waals surface area contributed by atoms with E-state index in [1.165, 1.54) is 0 Å². The fraction of sp³-hybridized carbons (Fsp3) is 0.909. The molecule has 2 fully saturated rings. The molecule has 2 N–H and O–H groups in total. The molecule has 2 heterocycles. The van der Waals surface area contributed by atoms with Crippen molar-refractivity contribution in [3.8, 4) is 0 Å². The largest absolute Gasteiger partial charge is 0.389 e. The number of amides is 1. The van der Waals surface area contributed by atoms with Crippen LogP contribution in [0.4, 0.5) is 0 Å². The Hall–Kier alpha value is -0.610. The zero-order valence-electron chi connectivity index (χ0n) is 9.49. The summed E-state index contributed by atoms with van der Waals surface area (Å²) < 4.78 is 0. The molecule has 0 aliphatic carbocycles. The van der Waals surface area contributed by atoms with Crippen LogP contribution in [0, 0.1) is 5.41 Å². The molecule has 4 heteroatoms. The number of nitrogens with zero attached hydrogens (tertiary/aromatic N) is 1. The summed E-state index contributed by atoms with van der Waals surface area (Å²) in [5, 5.41) is 12.5. The van der Waals surface area contributed by atoms with Gasteiger partial charge in [0.1, 0.15) is 0 Å². The Kier molecular flexibility index (Phi) is 2.73. The van der Waals surface area contributed by atoms with Gasteiger partial charge in [0.2, 0.25) is 5.91 Å². The normalized spacial score (nSPS) is 31.1. The van der Waals surface area contributed by atoms with Crippen molar-refractivity contribution in [3.63, 3.8) is 0 Å². The lowest BCUT2D eigenvalue weighted by Gasteiger charge is -2.44. The number of aliphatic hydroxyl groups is 1. The van der Waals surface area contributed by atoms with Crippen LogP contribution in [-0.4, -0.2) is 47.7 Å². The van der Waals surface area contributed by atoms with E-state index < -0.39 is 0 Å². The Morgan fingerprint density at radius 2 is 2.13 bits per heavy atom. The maximum atomic E-state index is 12.1. The first-order valence-electron chi connectivity index (χ1n) is 5.71. The van der Waals surface area contributed by atoms with Crippen molar-refractivity contribution < 1.29 is 9.90 Å². The number of β-amino-alcohol motifs (C(OH)–C–C–N with tert-alkyl or cyclic N) is 1. The molecule has 0 aromatic carbocycles. The van der Waals surface area contributed by atoms with Gasteiger partial charge in [-0.15, -0.1) is 0 Å². The van der Waals surface area contributed by atoms with Gasteiger partial charge < -0.3 is 15.3 Å². The molecule has 4 nitrogen and oxygen atoms in total. The molecule has 2 rings (SSSR count). The number of nitrogens with one attached hydrogen (secondary N) is 1. The molecule has 86 valence electrons. The topological polar surface area (TPSA) is 52.6 Å². The van der Waals surface area contributed by atoms with Crippen LogP contribution in [0.5, 0.6) is 0 Å². The zero-order chi connectivity index (χ0) is 11.1. The molecule has 1 amide bonds. The van der Waals surface area contributed by atoms with E-state index in [0.29, 0.717) is 13.1 Å². The molecule has 15 heavy (non-hydrogen) atoms. The minimum atomic E-state index is -0.305. The van der Waals surface area contributed by atoms with Crippen LogP contribution >= 0.6 is 0 Å². The first-order chi connectivity index (χ1) is 7.00. The summed E-state index contributed by atoms with van der Waals surface area (Å²) in [5.41, 5.74) is 0.0376. The van der Waals surface area contributed by atoms with Crippen molar-refractivity contribution in [3.05, 3.63) is 0 Å². The van der Waals surface area contributed by atoms with Crippen LogP contribution < -0.4 is 5.32 Å². The van der Waals surface area contributed by atoms with Crippen LogP contribution in [0.1, 0.15) is 26.7 Å². The van der Waals surface area contributed by atoms with Crippen molar-refractivity contribution in [1.82, 2.24) is 10.2 Å². The third kappa shape index (κ3) is 2.01. The second kappa shape index (κ2) is 3.76. The van der Waals surface area contributed by atoms with E-state index in [9.17, 15) is 9.90 Å². The average Bonchev–Trinajstić information content (AvgIpc) is 2.11. The number of hydrogen-bond acceptors (Lipinski definition) is 3. The first-order valence-corrected chi connectivity index (χ1v) is 5.71. The number of carbonyl (C=O) groups is 1. The minimum Gasteiger partial charge on any atom is -0.389 e. The molecule has 0 bridgehead atoms. The van der Waals surface area contributed by atoms with Gasteiger partial charge in [-0.3, -0.25) is 4.79 Å². The standard InChI is InChI=1S/C11H20N2O2/c1-11(2)4-3-5-12-9(11)10(15)13-6-8(14)7-13/h8-9,12,14H,3-7H2,1-2H3. The van der Waals surface area contributed by atoms with Gasteiger partial charge in [0, 0.05) is 13.1 Å². The van der Waals surface area contributed by atoms with E-state index >= 15 is 0 Å². The van der Waals surface area contributed by atoms with Crippen molar-refractivity contribution in [2.75, 3.05) is 19.6 Å². The molecule has 2 aliphatic heterocycles. The minimum absolute atomic E-state index is 0.0376. The number of hydrogen-bond donors (Lipinski definition) is 2. The van der Waals surface area contributed by atoms with E-state index in [0.717, 1.165) is 19.4 Å². The second-order valence-electron chi connectivity index (χ2n) is 5.38. The van der Waals surface area contributed by atoms with Gasteiger partial charge in [0.05, 0.1) is 12.1 Å². The predicted octanol–water partition coefficient (Wildman–Crippen LogP) is -0.0323. The van der Waals surface area contributed by atoms with Crippen molar-refractivity contribution in [1.29, 1.82) is 0 Å². The fourth-order valence-electron chi connectivity index (χ4n) is 2.45. The van der Waals surface area contributed by atoms with Crippen molar-refractivity contribution >= 4 is 5.91 Å². The van der Waals surface area contributed by atoms with E-state index in [1.807, 2.05) is 0 Å². The van der Waals surface area contributed by atoms with Gasteiger partial charge in [0.25, 0.3) is 0 Å². The summed E-state index contributed by atoms with van der Waals surface area (Å²) in [7, 11) is 0.